The fourth-order valence-electron chi connectivity index (χ4n) is 3.41. The minimum atomic E-state index is 0.835. The Balaban J connectivity index is 1.76. The lowest BCUT2D eigenvalue weighted by Crippen LogP contribution is -2.35. The molecule has 1 nitrogen and oxygen atoms in total. The summed E-state index contributed by atoms with van der Waals surface area (Å²) < 4.78 is 0. The van der Waals surface area contributed by atoms with Crippen molar-refractivity contribution in [3.8, 4) is 0 Å². The third-order valence-corrected chi connectivity index (χ3v) is 4.45. The van der Waals surface area contributed by atoms with Gasteiger partial charge in [0.2, 0.25) is 0 Å². The normalized spacial score (nSPS) is 29.0. The van der Waals surface area contributed by atoms with Gasteiger partial charge >= 0.3 is 0 Å². The first-order valence-electron chi connectivity index (χ1n) is 6.72. The lowest BCUT2D eigenvalue weighted by atomic mass is 9.96. The molecule has 0 aromatic rings. The second kappa shape index (κ2) is 6.10. The number of rotatable bonds is 5. The van der Waals surface area contributed by atoms with Crippen LogP contribution in [-0.2, 0) is 0 Å². The molecule has 1 atom stereocenters. The van der Waals surface area contributed by atoms with Gasteiger partial charge in [-0.3, -0.25) is 0 Å². The van der Waals surface area contributed by atoms with Crippen LogP contribution in [0.5, 0.6) is 0 Å². The highest BCUT2D eigenvalue weighted by atomic mass is 35.5. The molecule has 0 radical (unpaired) electrons. The number of hydrogen-bond donors (Lipinski definition) is 0. The summed E-state index contributed by atoms with van der Waals surface area (Å²) >= 11 is 5.73. The molecule has 1 heterocycles. The van der Waals surface area contributed by atoms with Gasteiger partial charge in [0.25, 0.3) is 0 Å². The highest BCUT2D eigenvalue weighted by Gasteiger charge is 2.32. The van der Waals surface area contributed by atoms with E-state index in [4.69, 9.17) is 11.6 Å². The van der Waals surface area contributed by atoms with Crippen LogP contribution in [0.1, 0.15) is 51.4 Å². The van der Waals surface area contributed by atoms with Crippen LogP contribution in [0, 0.1) is 5.92 Å². The van der Waals surface area contributed by atoms with Crippen molar-refractivity contribution in [1.82, 2.24) is 4.90 Å². The molecule has 2 aliphatic rings. The molecule has 1 unspecified atom stereocenters. The van der Waals surface area contributed by atoms with Crippen LogP contribution in [-0.4, -0.2) is 29.9 Å². The van der Waals surface area contributed by atoms with Gasteiger partial charge in [0, 0.05) is 11.9 Å². The van der Waals surface area contributed by atoms with E-state index in [9.17, 15) is 0 Å². The minimum Gasteiger partial charge on any atom is -0.300 e. The van der Waals surface area contributed by atoms with Crippen molar-refractivity contribution in [2.45, 2.75) is 57.4 Å². The predicted molar refractivity (Wildman–Crippen MR) is 66.5 cm³/mol. The lowest BCUT2D eigenvalue weighted by Gasteiger charge is -2.29. The lowest BCUT2D eigenvalue weighted by molar-refractivity contribution is 0.188. The van der Waals surface area contributed by atoms with Crippen molar-refractivity contribution in [3.63, 3.8) is 0 Å². The van der Waals surface area contributed by atoms with Crippen LogP contribution in [0.4, 0.5) is 0 Å². The molecule has 2 heteroatoms. The van der Waals surface area contributed by atoms with Crippen LogP contribution in [0.25, 0.3) is 0 Å². The van der Waals surface area contributed by atoms with Crippen molar-refractivity contribution >= 4 is 11.6 Å². The average molecular weight is 230 g/mol. The Morgan fingerprint density at radius 1 is 1.00 bits per heavy atom. The van der Waals surface area contributed by atoms with Gasteiger partial charge in [-0.25, -0.2) is 0 Å². The molecule has 2 rings (SSSR count). The van der Waals surface area contributed by atoms with Crippen LogP contribution in [0.15, 0.2) is 0 Å². The Hall–Kier alpha value is 0.250. The van der Waals surface area contributed by atoms with Crippen molar-refractivity contribution in [2.24, 2.45) is 5.92 Å². The number of unbranched alkanes of at least 4 members (excludes halogenated alkanes) is 1. The molecule has 1 aliphatic carbocycles. The maximum atomic E-state index is 5.73. The van der Waals surface area contributed by atoms with Gasteiger partial charge in [-0.05, 0) is 57.5 Å². The van der Waals surface area contributed by atoms with E-state index < -0.39 is 0 Å². The standard InChI is InChI=1S/C13H24ClN/c14-9-3-4-10-15-11-5-8-13(15)12-6-1-2-7-12/h12-13H,1-11H2. The van der Waals surface area contributed by atoms with E-state index >= 15 is 0 Å². The molecular weight excluding hydrogens is 206 g/mol. The maximum absolute atomic E-state index is 5.73. The number of hydrogen-bond acceptors (Lipinski definition) is 1. The summed E-state index contributed by atoms with van der Waals surface area (Å²) in [4.78, 5) is 2.75. The number of halogens is 1. The summed E-state index contributed by atoms with van der Waals surface area (Å²) in [6.07, 6.45) is 11.3. The molecule has 1 aliphatic heterocycles. The Morgan fingerprint density at radius 3 is 2.53 bits per heavy atom. The number of likely N-dealkylation sites (tertiary alicyclic amines) is 1. The van der Waals surface area contributed by atoms with E-state index in [0.29, 0.717) is 0 Å². The van der Waals surface area contributed by atoms with E-state index in [-0.39, 0.29) is 0 Å². The first-order chi connectivity index (χ1) is 7.42. The molecule has 1 saturated heterocycles. The number of alkyl halides is 1. The van der Waals surface area contributed by atoms with Crippen molar-refractivity contribution in [1.29, 1.82) is 0 Å². The van der Waals surface area contributed by atoms with Crippen LogP contribution in [0.2, 0.25) is 0 Å². The van der Waals surface area contributed by atoms with E-state index in [1.165, 1.54) is 64.5 Å². The smallest absolute Gasteiger partial charge is 0.0223 e. The molecule has 0 aromatic carbocycles. The number of nitrogens with zero attached hydrogens (tertiary/aromatic N) is 1. The molecule has 0 aromatic heterocycles. The fourth-order valence-corrected chi connectivity index (χ4v) is 3.60. The molecule has 1 saturated carbocycles. The quantitative estimate of drug-likeness (QED) is 0.514. The highest BCUT2D eigenvalue weighted by molar-refractivity contribution is 6.17. The van der Waals surface area contributed by atoms with Gasteiger partial charge in [0.1, 0.15) is 0 Å². The molecule has 0 spiro atoms. The molecule has 15 heavy (non-hydrogen) atoms. The van der Waals surface area contributed by atoms with Crippen LogP contribution < -0.4 is 0 Å². The third kappa shape index (κ3) is 3.10. The van der Waals surface area contributed by atoms with Gasteiger partial charge in [-0.1, -0.05) is 12.8 Å². The summed E-state index contributed by atoms with van der Waals surface area (Å²) in [5.74, 6) is 1.87. The van der Waals surface area contributed by atoms with Crippen molar-refractivity contribution < 1.29 is 0 Å². The molecular formula is C13H24ClN. The second-order valence-electron chi connectivity index (χ2n) is 5.19. The van der Waals surface area contributed by atoms with Crippen molar-refractivity contribution in [3.05, 3.63) is 0 Å². The minimum absolute atomic E-state index is 0.835. The third-order valence-electron chi connectivity index (χ3n) is 4.19. The Kier molecular flexibility index (Phi) is 4.77. The van der Waals surface area contributed by atoms with Gasteiger partial charge in [-0.15, -0.1) is 11.6 Å². The summed E-state index contributed by atoms with van der Waals surface area (Å²) in [5.41, 5.74) is 0. The summed E-state index contributed by atoms with van der Waals surface area (Å²) in [5, 5.41) is 0. The van der Waals surface area contributed by atoms with E-state index in [2.05, 4.69) is 4.90 Å². The summed E-state index contributed by atoms with van der Waals surface area (Å²) in [7, 11) is 0. The zero-order chi connectivity index (χ0) is 10.5. The topological polar surface area (TPSA) is 3.24 Å². The van der Waals surface area contributed by atoms with E-state index in [1.54, 1.807) is 0 Å². The largest absolute Gasteiger partial charge is 0.300 e. The molecule has 0 bridgehead atoms. The van der Waals surface area contributed by atoms with E-state index in [1.807, 2.05) is 0 Å². The maximum Gasteiger partial charge on any atom is 0.0223 e. The molecule has 0 N–H and O–H groups in total. The summed E-state index contributed by atoms with van der Waals surface area (Å²) in [6.45, 7) is 2.65. The second-order valence-corrected chi connectivity index (χ2v) is 5.56. The molecule has 88 valence electrons. The van der Waals surface area contributed by atoms with Gasteiger partial charge in [0.05, 0.1) is 0 Å². The first kappa shape index (κ1) is 11.7. The van der Waals surface area contributed by atoms with Gasteiger partial charge in [-0.2, -0.15) is 0 Å². The summed E-state index contributed by atoms with van der Waals surface area (Å²) in [6, 6.07) is 0.933. The van der Waals surface area contributed by atoms with Crippen LogP contribution >= 0.6 is 11.6 Å². The fraction of sp³-hybridized carbons (Fsp3) is 1.00. The highest BCUT2D eigenvalue weighted by Crippen LogP contribution is 2.35. The zero-order valence-corrected chi connectivity index (χ0v) is 10.5. The SMILES string of the molecule is ClCCCCN1CCCC1C1CCCC1. The monoisotopic (exact) mass is 229 g/mol. The molecule has 0 amide bonds. The van der Waals surface area contributed by atoms with E-state index in [0.717, 1.165) is 17.8 Å². The van der Waals surface area contributed by atoms with Crippen LogP contribution in [0.3, 0.4) is 0 Å². The Morgan fingerprint density at radius 2 is 1.80 bits per heavy atom. The predicted octanol–water partition coefficient (Wildman–Crippen LogP) is 3.66. The van der Waals surface area contributed by atoms with Gasteiger partial charge < -0.3 is 4.90 Å². The first-order valence-corrected chi connectivity index (χ1v) is 7.25. The Bertz CT molecular complexity index is 177. The van der Waals surface area contributed by atoms with Crippen molar-refractivity contribution in [2.75, 3.05) is 19.0 Å². The molecule has 2 fully saturated rings. The average Bonchev–Trinajstić information content (AvgIpc) is 2.87. The van der Waals surface area contributed by atoms with Gasteiger partial charge in [0.15, 0.2) is 0 Å². The Labute approximate surface area is 99.2 Å². The zero-order valence-electron chi connectivity index (χ0n) is 9.76.